The number of amides is 1. The number of aromatic nitrogens is 6. The van der Waals surface area contributed by atoms with Gasteiger partial charge in [0.05, 0.1) is 5.52 Å². The van der Waals surface area contributed by atoms with Gasteiger partial charge in [0.25, 0.3) is 0 Å². The molecular formula is C29H27F2N9O2. The zero-order valence-corrected chi connectivity index (χ0v) is 23.0. The average molecular weight is 572 g/mol. The molecule has 1 fully saturated rings. The Kier molecular flexibility index (Phi) is 7.07. The van der Waals surface area contributed by atoms with Crippen LogP contribution in [0.25, 0.3) is 16.7 Å². The average Bonchev–Trinajstić information content (AvgIpc) is 3.49. The van der Waals surface area contributed by atoms with Gasteiger partial charge in [-0.2, -0.15) is 5.10 Å². The predicted octanol–water partition coefficient (Wildman–Crippen LogP) is 4.80. The summed E-state index contributed by atoms with van der Waals surface area (Å²) in [6.45, 7) is 8.81. The first-order valence-corrected chi connectivity index (χ1v) is 13.4. The molecule has 0 bridgehead atoms. The second kappa shape index (κ2) is 11.0. The molecule has 5 aromatic rings. The van der Waals surface area contributed by atoms with E-state index in [0.29, 0.717) is 47.9 Å². The van der Waals surface area contributed by atoms with Crippen LogP contribution >= 0.6 is 0 Å². The lowest BCUT2D eigenvalue weighted by Gasteiger charge is -2.41. The Bertz CT molecular complexity index is 1830. The Labute approximate surface area is 239 Å². The van der Waals surface area contributed by atoms with Crippen LogP contribution < -0.4 is 15.0 Å². The molecule has 214 valence electrons. The number of pyridine rings is 2. The van der Waals surface area contributed by atoms with Gasteiger partial charge in [0.15, 0.2) is 23.1 Å². The molecule has 1 aliphatic rings. The quantitative estimate of drug-likeness (QED) is 0.275. The Hall–Kier alpha value is -5.20. The monoisotopic (exact) mass is 571 g/mol. The highest BCUT2D eigenvalue weighted by molar-refractivity contribution is 5.89. The van der Waals surface area contributed by atoms with Crippen LogP contribution in [0.15, 0.2) is 61.8 Å². The van der Waals surface area contributed by atoms with Crippen LogP contribution in [0, 0.1) is 18.6 Å². The largest absolute Gasteiger partial charge is 0.457 e. The molecule has 1 aliphatic heterocycles. The first kappa shape index (κ1) is 27.0. The van der Waals surface area contributed by atoms with Gasteiger partial charge in [0.1, 0.15) is 41.2 Å². The molecule has 0 spiro atoms. The molecule has 13 heteroatoms. The van der Waals surface area contributed by atoms with Crippen molar-refractivity contribution in [1.82, 2.24) is 34.4 Å². The van der Waals surface area contributed by atoms with E-state index < -0.39 is 11.6 Å². The number of rotatable bonds is 7. The Morgan fingerprint density at radius 3 is 2.83 bits per heavy atom. The van der Waals surface area contributed by atoms with Crippen LogP contribution in [0.1, 0.15) is 18.9 Å². The van der Waals surface area contributed by atoms with Gasteiger partial charge >= 0.3 is 0 Å². The van der Waals surface area contributed by atoms with Crippen molar-refractivity contribution in [1.29, 1.82) is 0 Å². The number of carbonyl (C=O) groups excluding carboxylic acids is 1. The predicted molar refractivity (Wildman–Crippen MR) is 153 cm³/mol. The van der Waals surface area contributed by atoms with Gasteiger partial charge in [0, 0.05) is 49.6 Å². The number of carbonyl (C=O) groups is 1. The molecule has 42 heavy (non-hydrogen) atoms. The van der Waals surface area contributed by atoms with Gasteiger partial charge in [-0.3, -0.25) is 4.79 Å². The molecule has 1 aromatic carbocycles. The minimum atomic E-state index is -0.867. The van der Waals surface area contributed by atoms with E-state index in [4.69, 9.17) is 9.72 Å². The Balaban J connectivity index is 1.28. The standard InChI is InChI=1S/C29H27F2N9O2/c1-4-18-14-38(10-11-39(18)25(41)5-2)23-7-6-21-28(36-23)29(34-15-32-21)37-27-20(30)13-22(17(3)26(27)31)42-19-8-9-40-24(12-19)33-16-35-40/h5-9,12-13,15-16,18H,2,4,10-11,14H2,1,3H3,(H,32,34,37)/t18-/m1/s1. The van der Waals surface area contributed by atoms with Crippen molar-refractivity contribution >= 4 is 39.9 Å². The molecule has 1 N–H and O–H groups in total. The second-order valence-electron chi connectivity index (χ2n) is 9.83. The molecule has 1 amide bonds. The van der Waals surface area contributed by atoms with E-state index in [1.165, 1.54) is 25.7 Å². The molecule has 1 atom stereocenters. The number of ether oxygens (including phenoxy) is 1. The van der Waals surface area contributed by atoms with E-state index >= 15 is 8.78 Å². The van der Waals surface area contributed by atoms with E-state index in [9.17, 15) is 4.79 Å². The summed E-state index contributed by atoms with van der Waals surface area (Å²) < 4.78 is 38.3. The van der Waals surface area contributed by atoms with E-state index in [2.05, 4.69) is 36.8 Å². The number of piperazine rings is 1. The van der Waals surface area contributed by atoms with Crippen molar-refractivity contribution in [3.8, 4) is 11.5 Å². The van der Waals surface area contributed by atoms with Gasteiger partial charge < -0.3 is 19.9 Å². The van der Waals surface area contributed by atoms with Crippen LogP contribution in [0.4, 0.5) is 26.1 Å². The fraction of sp³-hybridized carbons (Fsp3) is 0.241. The number of nitrogens with zero attached hydrogens (tertiary/aromatic N) is 8. The molecular weight excluding hydrogens is 544 g/mol. The van der Waals surface area contributed by atoms with Gasteiger partial charge in [-0.15, -0.1) is 0 Å². The first-order valence-electron chi connectivity index (χ1n) is 13.4. The normalized spacial score (nSPS) is 15.3. The number of anilines is 3. The summed E-state index contributed by atoms with van der Waals surface area (Å²) in [6, 6.07) is 7.98. The maximum atomic E-state index is 15.6. The van der Waals surface area contributed by atoms with E-state index in [1.54, 1.807) is 28.9 Å². The Morgan fingerprint density at radius 1 is 1.17 bits per heavy atom. The highest BCUT2D eigenvalue weighted by Gasteiger charge is 2.29. The lowest BCUT2D eigenvalue weighted by molar-refractivity contribution is -0.128. The van der Waals surface area contributed by atoms with Crippen LogP contribution in [0.3, 0.4) is 0 Å². The third-order valence-electron chi connectivity index (χ3n) is 7.34. The lowest BCUT2D eigenvalue weighted by Crippen LogP contribution is -2.54. The highest BCUT2D eigenvalue weighted by atomic mass is 19.1. The minimum Gasteiger partial charge on any atom is -0.457 e. The van der Waals surface area contributed by atoms with Crippen molar-refractivity contribution in [2.24, 2.45) is 0 Å². The lowest BCUT2D eigenvalue weighted by atomic mass is 10.1. The minimum absolute atomic E-state index is 0.00319. The summed E-state index contributed by atoms with van der Waals surface area (Å²) in [4.78, 5) is 33.5. The maximum absolute atomic E-state index is 15.6. The van der Waals surface area contributed by atoms with Crippen molar-refractivity contribution in [2.75, 3.05) is 29.9 Å². The number of benzene rings is 1. The smallest absolute Gasteiger partial charge is 0.246 e. The summed E-state index contributed by atoms with van der Waals surface area (Å²) in [6.07, 6.45) is 6.44. The SMILES string of the molecule is C=CC(=O)N1CCN(c2ccc3ncnc(Nc4c(F)cc(Oc5ccn6ncnc6c5)c(C)c4F)c3n2)C[C@H]1CC. The number of nitrogens with one attached hydrogen (secondary N) is 1. The van der Waals surface area contributed by atoms with Crippen LogP contribution in [0.5, 0.6) is 11.5 Å². The highest BCUT2D eigenvalue weighted by Crippen LogP contribution is 2.35. The summed E-state index contributed by atoms with van der Waals surface area (Å²) in [5.41, 5.74) is 1.10. The van der Waals surface area contributed by atoms with Gasteiger partial charge in [0.2, 0.25) is 5.91 Å². The number of fused-ring (bicyclic) bond motifs is 2. The zero-order valence-electron chi connectivity index (χ0n) is 23.0. The maximum Gasteiger partial charge on any atom is 0.246 e. The van der Waals surface area contributed by atoms with Gasteiger partial charge in [-0.25, -0.2) is 33.2 Å². The molecule has 6 rings (SSSR count). The molecule has 0 aliphatic carbocycles. The summed E-state index contributed by atoms with van der Waals surface area (Å²) in [7, 11) is 0. The van der Waals surface area contributed by atoms with Crippen LogP contribution in [-0.4, -0.2) is 66.0 Å². The van der Waals surface area contributed by atoms with Gasteiger partial charge in [-0.1, -0.05) is 13.5 Å². The fourth-order valence-corrected chi connectivity index (χ4v) is 5.04. The zero-order chi connectivity index (χ0) is 29.4. The molecule has 5 heterocycles. The fourth-order valence-electron chi connectivity index (χ4n) is 5.04. The number of hydrogen-bond acceptors (Lipinski definition) is 9. The third kappa shape index (κ3) is 4.93. The molecule has 4 aromatic heterocycles. The molecule has 0 radical (unpaired) electrons. The van der Waals surface area contributed by atoms with Crippen LogP contribution in [-0.2, 0) is 4.79 Å². The summed E-state index contributed by atoms with van der Waals surface area (Å²) in [5.74, 6) is -0.616. The van der Waals surface area contributed by atoms with E-state index in [1.807, 2.05) is 17.9 Å². The van der Waals surface area contributed by atoms with Crippen molar-refractivity contribution in [3.05, 3.63) is 79.0 Å². The molecule has 11 nitrogen and oxygen atoms in total. The molecule has 1 saturated heterocycles. The Morgan fingerprint density at radius 2 is 2.02 bits per heavy atom. The molecule has 0 saturated carbocycles. The third-order valence-corrected chi connectivity index (χ3v) is 7.34. The van der Waals surface area contributed by atoms with E-state index in [-0.39, 0.29) is 34.8 Å². The number of halogens is 2. The van der Waals surface area contributed by atoms with Gasteiger partial charge in [-0.05, 0) is 37.6 Å². The van der Waals surface area contributed by atoms with Crippen molar-refractivity contribution in [2.45, 2.75) is 26.3 Å². The van der Waals surface area contributed by atoms with Crippen molar-refractivity contribution < 1.29 is 18.3 Å². The van der Waals surface area contributed by atoms with Crippen LogP contribution in [0.2, 0.25) is 0 Å². The topological polar surface area (TPSA) is 114 Å². The number of hydrogen-bond donors (Lipinski definition) is 1. The summed E-state index contributed by atoms with van der Waals surface area (Å²) in [5, 5.41) is 6.82. The second-order valence-corrected chi connectivity index (χ2v) is 9.83. The van der Waals surface area contributed by atoms with E-state index in [0.717, 1.165) is 12.5 Å². The van der Waals surface area contributed by atoms with Crippen molar-refractivity contribution in [3.63, 3.8) is 0 Å². The summed E-state index contributed by atoms with van der Waals surface area (Å²) >= 11 is 0. The first-order chi connectivity index (χ1) is 20.4. The molecule has 0 unspecified atom stereocenters.